The summed E-state index contributed by atoms with van der Waals surface area (Å²) in [6.45, 7) is 6.95. The van der Waals surface area contributed by atoms with Gasteiger partial charge in [-0.15, -0.1) is 0 Å². The number of imidazole rings is 2. The molecule has 6 nitrogen and oxygen atoms in total. The van der Waals surface area contributed by atoms with E-state index in [0.29, 0.717) is 0 Å². The molecule has 1 fully saturated rings. The average Bonchev–Trinajstić information content (AvgIpc) is 3.48. The number of pyridine rings is 1. The van der Waals surface area contributed by atoms with Crippen LogP contribution in [-0.2, 0) is 0 Å². The topological polar surface area (TPSA) is 73.5 Å². The number of benzene rings is 2. The van der Waals surface area contributed by atoms with Gasteiger partial charge in [-0.3, -0.25) is 4.98 Å². The van der Waals surface area contributed by atoms with Crippen LogP contribution in [0.15, 0.2) is 60.8 Å². The first-order valence-corrected chi connectivity index (χ1v) is 11.8. The highest BCUT2D eigenvalue weighted by Gasteiger charge is 2.22. The van der Waals surface area contributed by atoms with Crippen molar-refractivity contribution in [1.29, 1.82) is 0 Å². The first-order chi connectivity index (χ1) is 16.1. The van der Waals surface area contributed by atoms with Crippen LogP contribution in [0.3, 0.4) is 0 Å². The highest BCUT2D eigenvalue weighted by atomic mass is 15.1. The van der Waals surface area contributed by atoms with Crippen molar-refractivity contribution in [2.75, 3.05) is 18.0 Å². The summed E-state index contributed by atoms with van der Waals surface area (Å²) in [7, 11) is 0. The fourth-order valence-corrected chi connectivity index (χ4v) is 4.94. The Morgan fingerprint density at radius 2 is 1.58 bits per heavy atom. The van der Waals surface area contributed by atoms with E-state index in [4.69, 9.17) is 4.98 Å². The molecular weight excluding hydrogens is 408 g/mol. The van der Waals surface area contributed by atoms with E-state index >= 15 is 0 Å². The molecule has 0 radical (unpaired) electrons. The third-order valence-corrected chi connectivity index (χ3v) is 6.98. The highest BCUT2D eigenvalue weighted by molar-refractivity contribution is 5.86. The lowest BCUT2D eigenvalue weighted by Gasteiger charge is -2.35. The smallest absolute Gasteiger partial charge is 0.157 e. The number of H-pyrrole nitrogens is 2. The number of aromatic amines is 2. The Morgan fingerprint density at radius 1 is 0.848 bits per heavy atom. The molecule has 2 aromatic carbocycles. The van der Waals surface area contributed by atoms with Crippen LogP contribution in [0.5, 0.6) is 0 Å². The second-order valence-electron chi connectivity index (χ2n) is 9.39. The van der Waals surface area contributed by atoms with E-state index in [0.717, 1.165) is 69.9 Å². The van der Waals surface area contributed by atoms with Crippen molar-refractivity contribution in [3.8, 4) is 22.9 Å². The Hall–Kier alpha value is -3.67. The summed E-state index contributed by atoms with van der Waals surface area (Å²) in [5.41, 5.74) is 7.11. The standard InChI is InChI=1S/C27H28N6/c1-17(2)18-10-13-33(14-11-18)20-7-9-22-25(16-20)31-26(29-22)19-6-8-21-24(15-19)32-27(30-21)23-5-3-4-12-28-23/h3-9,12,15-18H,10-11,13-14H2,1-2H3,(H,29,31)(H,30,32). The van der Waals surface area contributed by atoms with Crippen LogP contribution < -0.4 is 4.90 Å². The predicted octanol–water partition coefficient (Wildman–Crippen LogP) is 6.04. The number of rotatable bonds is 4. The Labute approximate surface area is 193 Å². The number of hydrogen-bond donors (Lipinski definition) is 2. The van der Waals surface area contributed by atoms with E-state index in [-0.39, 0.29) is 0 Å². The lowest BCUT2D eigenvalue weighted by atomic mass is 9.86. The van der Waals surface area contributed by atoms with E-state index in [1.165, 1.54) is 18.5 Å². The largest absolute Gasteiger partial charge is 0.371 e. The van der Waals surface area contributed by atoms with E-state index in [1.54, 1.807) is 6.20 Å². The Bertz CT molecular complexity index is 1410. The zero-order valence-corrected chi connectivity index (χ0v) is 19.0. The Kier molecular flexibility index (Phi) is 4.86. The van der Waals surface area contributed by atoms with Crippen LogP contribution >= 0.6 is 0 Å². The maximum atomic E-state index is 4.86. The van der Waals surface area contributed by atoms with Crippen molar-refractivity contribution in [3.05, 3.63) is 60.8 Å². The molecule has 0 atom stereocenters. The molecule has 0 amide bonds. The molecule has 4 heterocycles. The van der Waals surface area contributed by atoms with Gasteiger partial charge in [0, 0.05) is 30.5 Å². The zero-order chi connectivity index (χ0) is 22.4. The number of nitrogens with one attached hydrogen (secondary N) is 2. The van der Waals surface area contributed by atoms with Gasteiger partial charge < -0.3 is 14.9 Å². The molecule has 1 aliphatic rings. The van der Waals surface area contributed by atoms with E-state index < -0.39 is 0 Å². The molecule has 0 unspecified atom stereocenters. The molecule has 5 aromatic rings. The van der Waals surface area contributed by atoms with Gasteiger partial charge in [-0.25, -0.2) is 9.97 Å². The van der Waals surface area contributed by atoms with E-state index in [2.05, 4.69) is 69.0 Å². The normalized spacial score (nSPS) is 15.2. The number of aromatic nitrogens is 5. The summed E-state index contributed by atoms with van der Waals surface area (Å²) in [6.07, 6.45) is 4.33. The summed E-state index contributed by atoms with van der Waals surface area (Å²) < 4.78 is 0. The van der Waals surface area contributed by atoms with Crippen molar-refractivity contribution < 1.29 is 0 Å². The summed E-state index contributed by atoms with van der Waals surface area (Å²) in [5.74, 6) is 3.27. The quantitative estimate of drug-likeness (QED) is 0.360. The van der Waals surface area contributed by atoms with Gasteiger partial charge in [0.2, 0.25) is 0 Å². The molecule has 0 aliphatic carbocycles. The fraction of sp³-hybridized carbons (Fsp3) is 0.296. The van der Waals surface area contributed by atoms with Gasteiger partial charge in [-0.2, -0.15) is 0 Å². The van der Waals surface area contributed by atoms with Crippen molar-refractivity contribution >= 4 is 27.8 Å². The fourth-order valence-electron chi connectivity index (χ4n) is 4.94. The lowest BCUT2D eigenvalue weighted by molar-refractivity contribution is 0.311. The second-order valence-corrected chi connectivity index (χ2v) is 9.39. The van der Waals surface area contributed by atoms with Crippen molar-refractivity contribution in [3.63, 3.8) is 0 Å². The summed E-state index contributed by atoms with van der Waals surface area (Å²) in [6, 6.07) is 18.6. The monoisotopic (exact) mass is 436 g/mol. The van der Waals surface area contributed by atoms with Gasteiger partial charge in [0.05, 0.1) is 22.1 Å². The number of anilines is 1. The average molecular weight is 437 g/mol. The maximum absolute atomic E-state index is 4.86. The zero-order valence-electron chi connectivity index (χ0n) is 19.0. The van der Waals surface area contributed by atoms with Gasteiger partial charge in [-0.1, -0.05) is 19.9 Å². The van der Waals surface area contributed by atoms with Crippen LogP contribution in [-0.4, -0.2) is 38.0 Å². The minimum Gasteiger partial charge on any atom is -0.371 e. The van der Waals surface area contributed by atoms with Gasteiger partial charge in [-0.05, 0) is 73.2 Å². The molecule has 0 spiro atoms. The first kappa shape index (κ1) is 20.0. The SMILES string of the molecule is CC(C)C1CCN(c2ccc3nc(-c4ccc5nc(-c6ccccn6)[nH]c5c4)[nH]c3c2)CC1. The molecule has 1 aliphatic heterocycles. The molecule has 3 aromatic heterocycles. The molecule has 0 bridgehead atoms. The minimum absolute atomic E-state index is 0.775. The molecule has 1 saturated heterocycles. The number of piperidine rings is 1. The molecule has 6 heteroatoms. The number of nitrogens with zero attached hydrogens (tertiary/aromatic N) is 4. The van der Waals surface area contributed by atoms with E-state index in [1.807, 2.05) is 24.3 Å². The van der Waals surface area contributed by atoms with Crippen LogP contribution in [0, 0.1) is 11.8 Å². The minimum atomic E-state index is 0.775. The Balaban J connectivity index is 1.28. The number of fused-ring (bicyclic) bond motifs is 2. The third-order valence-electron chi connectivity index (χ3n) is 6.98. The molecule has 0 saturated carbocycles. The van der Waals surface area contributed by atoms with Gasteiger partial charge in [0.1, 0.15) is 11.5 Å². The summed E-state index contributed by atoms with van der Waals surface area (Å²) in [5, 5.41) is 0. The predicted molar refractivity (Wildman–Crippen MR) is 134 cm³/mol. The third kappa shape index (κ3) is 3.75. The van der Waals surface area contributed by atoms with Crippen molar-refractivity contribution in [2.45, 2.75) is 26.7 Å². The van der Waals surface area contributed by atoms with Crippen molar-refractivity contribution in [2.24, 2.45) is 11.8 Å². The van der Waals surface area contributed by atoms with Crippen LogP contribution in [0.4, 0.5) is 5.69 Å². The molecular formula is C27H28N6. The van der Waals surface area contributed by atoms with Gasteiger partial charge in [0.25, 0.3) is 0 Å². The molecule has 166 valence electrons. The molecule has 33 heavy (non-hydrogen) atoms. The Morgan fingerprint density at radius 3 is 2.33 bits per heavy atom. The second kappa shape index (κ2) is 8.03. The number of hydrogen-bond acceptors (Lipinski definition) is 4. The van der Waals surface area contributed by atoms with E-state index in [9.17, 15) is 0 Å². The van der Waals surface area contributed by atoms with Crippen LogP contribution in [0.2, 0.25) is 0 Å². The van der Waals surface area contributed by atoms with Crippen LogP contribution in [0.25, 0.3) is 45.0 Å². The van der Waals surface area contributed by atoms with Crippen molar-refractivity contribution in [1.82, 2.24) is 24.9 Å². The van der Waals surface area contributed by atoms with Crippen LogP contribution in [0.1, 0.15) is 26.7 Å². The maximum Gasteiger partial charge on any atom is 0.157 e. The summed E-state index contributed by atoms with van der Waals surface area (Å²) >= 11 is 0. The first-order valence-electron chi connectivity index (χ1n) is 11.8. The van der Waals surface area contributed by atoms with Gasteiger partial charge >= 0.3 is 0 Å². The summed E-state index contributed by atoms with van der Waals surface area (Å²) in [4.78, 5) is 23.4. The molecule has 2 N–H and O–H groups in total. The van der Waals surface area contributed by atoms with Gasteiger partial charge in [0.15, 0.2) is 5.82 Å². The highest BCUT2D eigenvalue weighted by Crippen LogP contribution is 2.31. The lowest BCUT2D eigenvalue weighted by Crippen LogP contribution is -2.35. The molecule has 6 rings (SSSR count).